The van der Waals surface area contributed by atoms with Crippen LogP contribution in [0.1, 0.15) is 42.6 Å². The van der Waals surface area contributed by atoms with Crippen LogP contribution in [0.4, 0.5) is 0 Å². The molecule has 0 bridgehead atoms. The van der Waals surface area contributed by atoms with E-state index in [0.29, 0.717) is 5.88 Å². The second-order valence-electron chi connectivity index (χ2n) is 4.69. The van der Waals surface area contributed by atoms with Crippen molar-refractivity contribution in [1.29, 1.82) is 0 Å². The van der Waals surface area contributed by atoms with Gasteiger partial charge in [0.15, 0.2) is 5.69 Å². The molecule has 1 heterocycles. The summed E-state index contributed by atoms with van der Waals surface area (Å²) < 4.78 is 10.4. The van der Waals surface area contributed by atoms with E-state index in [0.717, 1.165) is 25.7 Å². The van der Waals surface area contributed by atoms with E-state index >= 15 is 0 Å². The van der Waals surface area contributed by atoms with Gasteiger partial charge in [0.1, 0.15) is 6.10 Å². The van der Waals surface area contributed by atoms with Crippen LogP contribution in [0, 0.1) is 0 Å². The fourth-order valence-corrected chi connectivity index (χ4v) is 2.21. The fraction of sp³-hybridized carbons (Fsp3) is 0.615. The van der Waals surface area contributed by atoms with E-state index in [9.17, 15) is 4.79 Å². The second kappa shape index (κ2) is 6.47. The minimum absolute atomic E-state index is 0.00563. The number of hydrogen-bond acceptors (Lipinski definition) is 6. The van der Waals surface area contributed by atoms with E-state index in [4.69, 9.17) is 10.5 Å². The molecule has 0 aromatic carbocycles. The molecule has 2 rings (SSSR count). The van der Waals surface area contributed by atoms with E-state index in [1.54, 1.807) is 0 Å². The molecule has 1 saturated carbocycles. The van der Waals surface area contributed by atoms with Gasteiger partial charge in [0.25, 0.3) is 0 Å². The Balaban J connectivity index is 2.07. The Bertz CT molecular complexity index is 439. The Hall–Kier alpha value is -1.69. The SMILES string of the molecule is COC(=O)c1cncc(OC2CCCCCC2N)n1. The minimum atomic E-state index is -0.525. The molecule has 0 saturated heterocycles. The van der Waals surface area contributed by atoms with Gasteiger partial charge < -0.3 is 15.2 Å². The summed E-state index contributed by atoms with van der Waals surface area (Å²) in [6, 6.07) is 0.00563. The highest BCUT2D eigenvalue weighted by Crippen LogP contribution is 2.21. The molecule has 2 atom stereocenters. The monoisotopic (exact) mass is 265 g/mol. The lowest BCUT2D eigenvalue weighted by atomic mass is 10.1. The number of carbonyl (C=O) groups is 1. The fourth-order valence-electron chi connectivity index (χ4n) is 2.21. The van der Waals surface area contributed by atoms with Crippen molar-refractivity contribution in [1.82, 2.24) is 9.97 Å². The number of hydrogen-bond donors (Lipinski definition) is 1. The third kappa shape index (κ3) is 3.64. The normalized spacial score (nSPS) is 23.5. The average molecular weight is 265 g/mol. The zero-order valence-corrected chi connectivity index (χ0v) is 11.0. The summed E-state index contributed by atoms with van der Waals surface area (Å²) in [4.78, 5) is 19.4. The van der Waals surface area contributed by atoms with Crippen LogP contribution in [0.25, 0.3) is 0 Å². The third-order valence-corrected chi connectivity index (χ3v) is 3.28. The molecule has 19 heavy (non-hydrogen) atoms. The molecule has 0 spiro atoms. The molecule has 1 fully saturated rings. The largest absolute Gasteiger partial charge is 0.472 e. The average Bonchev–Trinajstić information content (AvgIpc) is 2.64. The van der Waals surface area contributed by atoms with Crippen molar-refractivity contribution in [3.8, 4) is 5.88 Å². The van der Waals surface area contributed by atoms with Gasteiger partial charge in [-0.3, -0.25) is 4.98 Å². The number of ether oxygens (including phenoxy) is 2. The highest BCUT2D eigenvalue weighted by atomic mass is 16.5. The molecule has 1 aromatic heterocycles. The van der Waals surface area contributed by atoms with Crippen molar-refractivity contribution in [2.45, 2.75) is 44.2 Å². The van der Waals surface area contributed by atoms with Gasteiger partial charge in [0, 0.05) is 6.04 Å². The van der Waals surface area contributed by atoms with Crippen molar-refractivity contribution < 1.29 is 14.3 Å². The van der Waals surface area contributed by atoms with E-state index in [1.165, 1.54) is 25.9 Å². The zero-order chi connectivity index (χ0) is 13.7. The summed E-state index contributed by atoms with van der Waals surface area (Å²) in [7, 11) is 1.30. The smallest absolute Gasteiger partial charge is 0.358 e. The molecular formula is C13H19N3O3. The Morgan fingerprint density at radius 3 is 2.89 bits per heavy atom. The molecule has 2 unspecified atom stereocenters. The van der Waals surface area contributed by atoms with E-state index in [2.05, 4.69) is 14.7 Å². The van der Waals surface area contributed by atoms with Gasteiger partial charge in [-0.05, 0) is 19.3 Å². The topological polar surface area (TPSA) is 87.3 Å². The van der Waals surface area contributed by atoms with E-state index in [-0.39, 0.29) is 17.8 Å². The van der Waals surface area contributed by atoms with Gasteiger partial charge in [-0.25, -0.2) is 9.78 Å². The number of aromatic nitrogens is 2. The van der Waals surface area contributed by atoms with Crippen LogP contribution in [-0.2, 0) is 4.74 Å². The number of rotatable bonds is 3. The van der Waals surface area contributed by atoms with Crippen LogP contribution in [-0.4, -0.2) is 35.2 Å². The first-order valence-corrected chi connectivity index (χ1v) is 6.53. The Morgan fingerprint density at radius 2 is 2.11 bits per heavy atom. The molecule has 1 aromatic rings. The molecule has 6 heteroatoms. The summed E-state index contributed by atoms with van der Waals surface area (Å²) in [5.41, 5.74) is 6.23. The zero-order valence-electron chi connectivity index (χ0n) is 11.0. The molecule has 2 N–H and O–H groups in total. The van der Waals surface area contributed by atoms with Crippen LogP contribution in [0.3, 0.4) is 0 Å². The number of esters is 1. The summed E-state index contributed by atoms with van der Waals surface area (Å²) in [5, 5.41) is 0. The third-order valence-electron chi connectivity index (χ3n) is 3.28. The van der Waals surface area contributed by atoms with Crippen LogP contribution in [0.15, 0.2) is 12.4 Å². The van der Waals surface area contributed by atoms with Crippen molar-refractivity contribution in [2.75, 3.05) is 7.11 Å². The number of nitrogens with two attached hydrogens (primary N) is 1. The standard InChI is InChI=1S/C13H19N3O3/c1-18-13(17)10-7-15-8-12(16-10)19-11-6-4-2-3-5-9(11)14/h7-9,11H,2-6,14H2,1H3. The van der Waals surface area contributed by atoms with Gasteiger partial charge in [0.2, 0.25) is 5.88 Å². The Morgan fingerprint density at radius 1 is 1.32 bits per heavy atom. The van der Waals surface area contributed by atoms with Gasteiger partial charge in [-0.2, -0.15) is 0 Å². The summed E-state index contributed by atoms with van der Waals surface area (Å²) >= 11 is 0. The van der Waals surface area contributed by atoms with Crippen LogP contribution in [0.5, 0.6) is 5.88 Å². The maximum atomic E-state index is 11.4. The molecule has 0 radical (unpaired) electrons. The second-order valence-corrected chi connectivity index (χ2v) is 4.69. The van der Waals surface area contributed by atoms with Crippen LogP contribution >= 0.6 is 0 Å². The maximum absolute atomic E-state index is 11.4. The van der Waals surface area contributed by atoms with Crippen molar-refractivity contribution in [3.63, 3.8) is 0 Å². The van der Waals surface area contributed by atoms with Crippen LogP contribution in [0.2, 0.25) is 0 Å². The predicted molar refractivity (Wildman–Crippen MR) is 68.8 cm³/mol. The predicted octanol–water partition coefficient (Wildman–Crippen LogP) is 1.30. The summed E-state index contributed by atoms with van der Waals surface area (Å²) in [6.45, 7) is 0. The first-order valence-electron chi connectivity index (χ1n) is 6.53. The highest BCUT2D eigenvalue weighted by molar-refractivity contribution is 5.86. The van der Waals surface area contributed by atoms with E-state index < -0.39 is 5.97 Å². The van der Waals surface area contributed by atoms with Gasteiger partial charge >= 0.3 is 5.97 Å². The summed E-state index contributed by atoms with van der Waals surface area (Å²) in [6.07, 6.45) is 8.05. The Labute approximate surface area is 112 Å². The molecule has 0 amide bonds. The van der Waals surface area contributed by atoms with Crippen molar-refractivity contribution in [3.05, 3.63) is 18.1 Å². The minimum Gasteiger partial charge on any atom is -0.472 e. The quantitative estimate of drug-likeness (QED) is 0.654. The van der Waals surface area contributed by atoms with Crippen molar-refractivity contribution >= 4 is 5.97 Å². The first-order chi connectivity index (χ1) is 9.20. The lowest BCUT2D eigenvalue weighted by Gasteiger charge is -2.22. The molecule has 1 aliphatic rings. The lowest BCUT2D eigenvalue weighted by molar-refractivity contribution is 0.0590. The molecule has 0 aliphatic heterocycles. The van der Waals surface area contributed by atoms with E-state index in [1.807, 2.05) is 0 Å². The molecule has 1 aliphatic carbocycles. The first kappa shape index (κ1) is 13.7. The van der Waals surface area contributed by atoms with Gasteiger partial charge in [-0.15, -0.1) is 0 Å². The number of nitrogens with zero attached hydrogens (tertiary/aromatic N) is 2. The van der Waals surface area contributed by atoms with Gasteiger partial charge in [-0.1, -0.05) is 12.8 Å². The molecule has 104 valence electrons. The summed E-state index contributed by atoms with van der Waals surface area (Å²) in [5.74, 6) is -0.201. The number of carbonyl (C=O) groups excluding carboxylic acids is 1. The maximum Gasteiger partial charge on any atom is 0.358 e. The lowest BCUT2D eigenvalue weighted by Crippen LogP contribution is -2.38. The van der Waals surface area contributed by atoms with Crippen molar-refractivity contribution in [2.24, 2.45) is 5.73 Å². The molecular weight excluding hydrogens is 246 g/mol. The Kier molecular flexibility index (Phi) is 4.68. The van der Waals surface area contributed by atoms with Gasteiger partial charge in [0.05, 0.1) is 19.5 Å². The number of methoxy groups -OCH3 is 1. The molecule has 6 nitrogen and oxygen atoms in total. The van der Waals surface area contributed by atoms with Crippen LogP contribution < -0.4 is 10.5 Å². The highest BCUT2D eigenvalue weighted by Gasteiger charge is 2.23.